The molecule has 4 rings (SSSR count). The van der Waals surface area contributed by atoms with E-state index in [1.807, 2.05) is 19.0 Å². The van der Waals surface area contributed by atoms with Crippen LogP contribution in [0, 0.1) is 23.7 Å². The first-order valence-corrected chi connectivity index (χ1v) is 14.7. The summed E-state index contributed by atoms with van der Waals surface area (Å²) < 4.78 is 19.1. The van der Waals surface area contributed by atoms with Crippen molar-refractivity contribution in [3.63, 3.8) is 0 Å². The SMILES string of the molecule is C[C@@H](C(=O)N[C@H]1CCC[C@@H](C#Cc2cnc(Nc3ccnc(F)c3)nc2N2CCOCC2)C1)N(C)C(=O)/C=C/CN(C)C. The summed E-state index contributed by atoms with van der Waals surface area (Å²) in [7, 11) is 5.50. The number of pyridine rings is 1. The second-order valence-corrected chi connectivity index (χ2v) is 11.2. The summed E-state index contributed by atoms with van der Waals surface area (Å²) in [6, 6.07) is 2.32. The predicted octanol–water partition coefficient (Wildman–Crippen LogP) is 2.58. The van der Waals surface area contributed by atoms with E-state index in [9.17, 15) is 14.0 Å². The van der Waals surface area contributed by atoms with Gasteiger partial charge < -0.3 is 30.1 Å². The summed E-state index contributed by atoms with van der Waals surface area (Å²) in [6.07, 6.45) is 9.84. The lowest BCUT2D eigenvalue weighted by Crippen LogP contribution is -2.49. The largest absolute Gasteiger partial charge is 0.378 e. The van der Waals surface area contributed by atoms with Gasteiger partial charge in [0, 0.05) is 62.7 Å². The summed E-state index contributed by atoms with van der Waals surface area (Å²) in [4.78, 5) is 43.7. The van der Waals surface area contributed by atoms with Gasteiger partial charge >= 0.3 is 0 Å². The number of amides is 2. The molecule has 2 aromatic heterocycles. The number of carbonyl (C=O) groups excluding carboxylic acids is 2. The number of nitrogens with one attached hydrogen (secondary N) is 2. The number of nitrogens with zero attached hydrogens (tertiary/aromatic N) is 6. The first-order valence-electron chi connectivity index (χ1n) is 14.7. The number of aromatic nitrogens is 3. The Morgan fingerprint density at radius 3 is 2.77 bits per heavy atom. The molecule has 0 unspecified atom stereocenters. The summed E-state index contributed by atoms with van der Waals surface area (Å²) >= 11 is 0. The van der Waals surface area contributed by atoms with Gasteiger partial charge in [0.25, 0.3) is 0 Å². The zero-order chi connectivity index (χ0) is 30.8. The summed E-state index contributed by atoms with van der Waals surface area (Å²) in [5.74, 6) is 6.87. The molecule has 3 atom stereocenters. The van der Waals surface area contributed by atoms with Crippen molar-refractivity contribution in [2.45, 2.75) is 44.7 Å². The minimum Gasteiger partial charge on any atom is -0.378 e. The zero-order valence-electron chi connectivity index (χ0n) is 25.3. The third-order valence-electron chi connectivity index (χ3n) is 7.53. The van der Waals surface area contributed by atoms with Gasteiger partial charge in [-0.25, -0.2) is 9.97 Å². The van der Waals surface area contributed by atoms with Gasteiger partial charge in [-0.1, -0.05) is 24.3 Å². The predicted molar refractivity (Wildman–Crippen MR) is 163 cm³/mol. The fourth-order valence-electron chi connectivity index (χ4n) is 4.95. The lowest BCUT2D eigenvalue weighted by molar-refractivity contribution is -0.135. The molecule has 1 saturated heterocycles. The van der Waals surface area contributed by atoms with E-state index in [1.165, 1.54) is 23.2 Å². The molecule has 0 bridgehead atoms. The molecular weight excluding hydrogens is 551 g/mol. The molecule has 0 aromatic carbocycles. The van der Waals surface area contributed by atoms with Crippen molar-refractivity contribution in [3.05, 3.63) is 48.2 Å². The van der Waals surface area contributed by atoms with Crippen molar-refractivity contribution in [1.29, 1.82) is 0 Å². The van der Waals surface area contributed by atoms with Crippen LogP contribution in [0.5, 0.6) is 0 Å². The Morgan fingerprint density at radius 2 is 2.02 bits per heavy atom. The molecule has 2 N–H and O–H groups in total. The Hall–Kier alpha value is -4.08. The van der Waals surface area contributed by atoms with Gasteiger partial charge in [0.1, 0.15) is 11.9 Å². The van der Waals surface area contributed by atoms with E-state index in [2.05, 4.69) is 37.3 Å². The Balaban J connectivity index is 1.41. The monoisotopic (exact) mass is 592 g/mol. The second-order valence-electron chi connectivity index (χ2n) is 11.2. The summed E-state index contributed by atoms with van der Waals surface area (Å²) in [6.45, 7) is 4.92. The highest BCUT2D eigenvalue weighted by molar-refractivity contribution is 5.92. The fraction of sp³-hybridized carbons (Fsp3) is 0.516. The number of hydrogen-bond donors (Lipinski definition) is 2. The molecule has 0 spiro atoms. The maximum atomic E-state index is 13.6. The van der Waals surface area contributed by atoms with Crippen LogP contribution in [-0.2, 0) is 14.3 Å². The second kappa shape index (κ2) is 15.4. The standard InChI is InChI=1S/C31H41FN8O3/c1-22(39(4)28(41)9-6-14-38(2)3)30(42)35-25-8-5-7-23(19-25)10-11-24-21-34-31(36-26-12-13-33-27(32)20-26)37-29(24)40-15-17-43-18-16-40/h6,9,12-13,20-23,25H,5,7-8,14-19H2,1-4H3,(H,35,42)(H,33,34,36,37)/b9-6+/t22-,23-,25-/m0/s1. The number of hydrogen-bond acceptors (Lipinski definition) is 9. The molecule has 1 aliphatic heterocycles. The van der Waals surface area contributed by atoms with Crippen LogP contribution in [0.25, 0.3) is 0 Å². The molecule has 230 valence electrons. The van der Waals surface area contributed by atoms with Gasteiger partial charge in [-0.15, -0.1) is 0 Å². The van der Waals surface area contributed by atoms with Crippen LogP contribution in [0.2, 0.25) is 0 Å². The van der Waals surface area contributed by atoms with Gasteiger partial charge in [-0.2, -0.15) is 9.37 Å². The number of anilines is 3. The number of carbonyl (C=O) groups is 2. The van der Waals surface area contributed by atoms with E-state index < -0.39 is 12.0 Å². The topological polar surface area (TPSA) is 116 Å². The number of rotatable bonds is 9. The third-order valence-corrected chi connectivity index (χ3v) is 7.53. The molecule has 12 heteroatoms. The van der Waals surface area contributed by atoms with Crippen molar-refractivity contribution >= 4 is 29.3 Å². The molecule has 2 aromatic rings. The van der Waals surface area contributed by atoms with Crippen LogP contribution in [-0.4, -0.2) is 103 Å². The normalized spacial score (nSPS) is 19.4. The first kappa shape index (κ1) is 31.8. The minimum atomic E-state index is -0.592. The van der Waals surface area contributed by atoms with Crippen LogP contribution >= 0.6 is 0 Å². The maximum Gasteiger partial charge on any atom is 0.246 e. The lowest BCUT2D eigenvalue weighted by Gasteiger charge is -2.30. The van der Waals surface area contributed by atoms with E-state index in [-0.39, 0.29) is 23.8 Å². The molecule has 3 heterocycles. The molecule has 0 radical (unpaired) electrons. The molecule has 2 aliphatic rings. The molecule has 2 amide bonds. The quantitative estimate of drug-likeness (QED) is 0.258. The summed E-state index contributed by atoms with van der Waals surface area (Å²) in [5.41, 5.74) is 1.20. The molecular formula is C31H41FN8O3. The van der Waals surface area contributed by atoms with Crippen molar-refractivity contribution in [2.75, 3.05) is 64.2 Å². The van der Waals surface area contributed by atoms with Gasteiger partial charge in [-0.05, 0) is 46.3 Å². The number of ether oxygens (including phenoxy) is 1. The minimum absolute atomic E-state index is 0.0157. The highest BCUT2D eigenvalue weighted by Gasteiger charge is 2.27. The average Bonchev–Trinajstić information content (AvgIpc) is 3.00. The smallest absolute Gasteiger partial charge is 0.246 e. The Kier molecular flexibility index (Phi) is 11.4. The number of likely N-dealkylation sites (N-methyl/N-ethyl adjacent to an activating group) is 2. The van der Waals surface area contributed by atoms with Gasteiger partial charge in [0.05, 0.1) is 25.0 Å². The first-order chi connectivity index (χ1) is 20.7. The molecule has 2 fully saturated rings. The number of halogens is 1. The lowest BCUT2D eigenvalue weighted by atomic mass is 9.86. The van der Waals surface area contributed by atoms with E-state index in [0.29, 0.717) is 55.9 Å². The average molecular weight is 593 g/mol. The Labute approximate surface area is 252 Å². The van der Waals surface area contributed by atoms with Crippen LogP contribution in [0.1, 0.15) is 38.2 Å². The highest BCUT2D eigenvalue weighted by Crippen LogP contribution is 2.26. The molecule has 11 nitrogen and oxygen atoms in total. The van der Waals surface area contributed by atoms with Crippen molar-refractivity contribution in [1.82, 2.24) is 30.1 Å². The molecule has 1 saturated carbocycles. The van der Waals surface area contributed by atoms with Crippen molar-refractivity contribution in [2.24, 2.45) is 5.92 Å². The van der Waals surface area contributed by atoms with E-state index in [4.69, 9.17) is 9.72 Å². The van der Waals surface area contributed by atoms with Gasteiger partial charge in [-0.3, -0.25) is 9.59 Å². The molecule has 43 heavy (non-hydrogen) atoms. The van der Waals surface area contributed by atoms with Crippen LogP contribution < -0.4 is 15.5 Å². The maximum absolute atomic E-state index is 13.6. The fourth-order valence-corrected chi connectivity index (χ4v) is 4.95. The van der Waals surface area contributed by atoms with Crippen LogP contribution in [0.15, 0.2) is 36.7 Å². The summed E-state index contributed by atoms with van der Waals surface area (Å²) in [5, 5.41) is 6.18. The van der Waals surface area contributed by atoms with Gasteiger partial charge in [0.2, 0.25) is 23.7 Å². The molecule has 1 aliphatic carbocycles. The highest BCUT2D eigenvalue weighted by atomic mass is 19.1. The van der Waals surface area contributed by atoms with Gasteiger partial charge in [0.15, 0.2) is 0 Å². The van der Waals surface area contributed by atoms with Crippen LogP contribution in [0.4, 0.5) is 21.8 Å². The van der Waals surface area contributed by atoms with E-state index in [1.54, 1.807) is 32.3 Å². The van der Waals surface area contributed by atoms with Crippen LogP contribution in [0.3, 0.4) is 0 Å². The zero-order valence-corrected chi connectivity index (χ0v) is 25.3. The van der Waals surface area contributed by atoms with Crippen molar-refractivity contribution in [3.8, 4) is 11.8 Å². The third kappa shape index (κ3) is 9.46. The number of morpholine rings is 1. The Morgan fingerprint density at radius 1 is 1.23 bits per heavy atom. The van der Waals surface area contributed by atoms with Crippen molar-refractivity contribution < 1.29 is 18.7 Å². The van der Waals surface area contributed by atoms with E-state index in [0.717, 1.165) is 25.7 Å². The van der Waals surface area contributed by atoms with E-state index >= 15 is 0 Å². The Bertz CT molecular complexity index is 1350.